The van der Waals surface area contributed by atoms with Crippen molar-refractivity contribution in [2.24, 2.45) is 0 Å². The fourth-order valence-corrected chi connectivity index (χ4v) is 2.23. The van der Waals surface area contributed by atoms with Crippen LogP contribution >= 0.6 is 0 Å². The van der Waals surface area contributed by atoms with E-state index in [1.165, 1.54) is 0 Å². The summed E-state index contributed by atoms with van der Waals surface area (Å²) < 4.78 is 5.50. The molecule has 5 heteroatoms. The molecule has 0 atom stereocenters. The Kier molecular flexibility index (Phi) is 4.38. The number of nitrogens with zero attached hydrogens (tertiary/aromatic N) is 1. The number of rotatable bonds is 5. The van der Waals surface area contributed by atoms with Crippen molar-refractivity contribution in [3.05, 3.63) is 66.6 Å². The van der Waals surface area contributed by atoms with E-state index >= 15 is 0 Å². The molecule has 0 aliphatic carbocycles. The average molecular weight is 307 g/mol. The predicted octanol–water partition coefficient (Wildman–Crippen LogP) is 3.40. The highest BCUT2D eigenvalue weighted by Crippen LogP contribution is 2.20. The second-order valence-corrected chi connectivity index (χ2v) is 5.20. The standard InChI is InChI=1S/C18H17N3O2/c1-13-4-2-7-16(8-13)23-11-18(22)21-15-6-3-5-14(9-15)17-10-19-12-20-17/h2-10,12H,11H2,1H3,(H,19,20)(H,21,22). The maximum Gasteiger partial charge on any atom is 0.262 e. The van der Waals surface area contributed by atoms with Gasteiger partial charge in [-0.15, -0.1) is 0 Å². The number of amides is 1. The zero-order valence-corrected chi connectivity index (χ0v) is 12.7. The van der Waals surface area contributed by atoms with Gasteiger partial charge in [-0.05, 0) is 36.8 Å². The van der Waals surface area contributed by atoms with Gasteiger partial charge in [-0.25, -0.2) is 4.98 Å². The monoisotopic (exact) mass is 307 g/mol. The Morgan fingerprint density at radius 2 is 2.09 bits per heavy atom. The molecule has 0 radical (unpaired) electrons. The lowest BCUT2D eigenvalue weighted by molar-refractivity contribution is -0.118. The summed E-state index contributed by atoms with van der Waals surface area (Å²) in [4.78, 5) is 19.0. The summed E-state index contributed by atoms with van der Waals surface area (Å²) >= 11 is 0. The number of nitrogens with one attached hydrogen (secondary N) is 2. The van der Waals surface area contributed by atoms with Crippen LogP contribution in [0.3, 0.4) is 0 Å². The van der Waals surface area contributed by atoms with E-state index in [0.717, 1.165) is 22.5 Å². The summed E-state index contributed by atoms with van der Waals surface area (Å²) in [7, 11) is 0. The lowest BCUT2D eigenvalue weighted by Crippen LogP contribution is -2.20. The van der Waals surface area contributed by atoms with Crippen molar-refractivity contribution in [2.75, 3.05) is 11.9 Å². The highest BCUT2D eigenvalue weighted by molar-refractivity contribution is 5.92. The Morgan fingerprint density at radius 1 is 1.22 bits per heavy atom. The largest absolute Gasteiger partial charge is 0.484 e. The van der Waals surface area contributed by atoms with Crippen molar-refractivity contribution in [2.45, 2.75) is 6.92 Å². The molecule has 116 valence electrons. The molecule has 3 aromatic rings. The molecular formula is C18H17N3O2. The summed E-state index contributed by atoms with van der Waals surface area (Å²) in [6.07, 6.45) is 3.36. The Morgan fingerprint density at radius 3 is 2.87 bits per heavy atom. The number of carbonyl (C=O) groups is 1. The van der Waals surface area contributed by atoms with Crippen LogP contribution in [0.25, 0.3) is 11.3 Å². The Balaban J connectivity index is 1.61. The number of benzene rings is 2. The van der Waals surface area contributed by atoms with Gasteiger partial charge in [0.1, 0.15) is 5.75 Å². The number of hydrogen-bond acceptors (Lipinski definition) is 3. The van der Waals surface area contributed by atoms with Crippen molar-refractivity contribution in [3.63, 3.8) is 0 Å². The summed E-state index contributed by atoms with van der Waals surface area (Å²) in [6.45, 7) is 1.95. The lowest BCUT2D eigenvalue weighted by atomic mass is 10.1. The number of hydrogen-bond donors (Lipinski definition) is 2. The van der Waals surface area contributed by atoms with E-state index in [2.05, 4.69) is 15.3 Å². The number of aromatic amines is 1. The summed E-state index contributed by atoms with van der Waals surface area (Å²) in [5, 5.41) is 2.83. The smallest absolute Gasteiger partial charge is 0.262 e. The number of carbonyl (C=O) groups excluding carboxylic acids is 1. The van der Waals surface area contributed by atoms with E-state index < -0.39 is 0 Å². The molecule has 1 heterocycles. The molecular weight excluding hydrogens is 290 g/mol. The fourth-order valence-electron chi connectivity index (χ4n) is 2.23. The molecule has 5 nitrogen and oxygen atoms in total. The van der Waals surface area contributed by atoms with Gasteiger partial charge in [0.2, 0.25) is 0 Å². The van der Waals surface area contributed by atoms with Gasteiger partial charge in [-0.3, -0.25) is 4.79 Å². The first-order valence-electron chi connectivity index (χ1n) is 7.29. The highest BCUT2D eigenvalue weighted by Gasteiger charge is 2.06. The van der Waals surface area contributed by atoms with Gasteiger partial charge in [0.05, 0.1) is 18.2 Å². The molecule has 2 aromatic carbocycles. The Bertz CT molecular complexity index is 798. The van der Waals surface area contributed by atoms with Crippen LogP contribution in [-0.2, 0) is 4.79 Å². The minimum absolute atomic E-state index is 0.0300. The first-order chi connectivity index (χ1) is 11.2. The molecule has 1 amide bonds. The first kappa shape index (κ1) is 14.8. The van der Waals surface area contributed by atoms with Crippen LogP contribution in [0.1, 0.15) is 5.56 Å². The summed E-state index contributed by atoms with van der Waals surface area (Å²) in [5.41, 5.74) is 3.67. The van der Waals surface area contributed by atoms with Gasteiger partial charge in [-0.2, -0.15) is 0 Å². The molecule has 0 spiro atoms. The van der Waals surface area contributed by atoms with Crippen LogP contribution in [0.5, 0.6) is 5.75 Å². The molecule has 3 rings (SSSR count). The SMILES string of the molecule is Cc1cccc(OCC(=O)Nc2cccc(-c3cnc[nH]3)c2)c1. The topological polar surface area (TPSA) is 67.0 Å². The van der Waals surface area contributed by atoms with Crippen molar-refractivity contribution < 1.29 is 9.53 Å². The number of ether oxygens (including phenoxy) is 1. The second kappa shape index (κ2) is 6.79. The van der Waals surface area contributed by atoms with Crippen molar-refractivity contribution in [1.82, 2.24) is 9.97 Å². The molecule has 0 saturated heterocycles. The van der Waals surface area contributed by atoms with E-state index in [4.69, 9.17) is 4.74 Å². The van der Waals surface area contributed by atoms with Crippen molar-refractivity contribution in [1.29, 1.82) is 0 Å². The molecule has 2 N–H and O–H groups in total. The molecule has 0 aliphatic rings. The highest BCUT2D eigenvalue weighted by atomic mass is 16.5. The molecule has 23 heavy (non-hydrogen) atoms. The van der Waals surface area contributed by atoms with Gasteiger partial charge >= 0.3 is 0 Å². The third kappa shape index (κ3) is 3.97. The minimum Gasteiger partial charge on any atom is -0.484 e. The quantitative estimate of drug-likeness (QED) is 0.759. The number of aryl methyl sites for hydroxylation is 1. The van der Waals surface area contributed by atoms with E-state index in [-0.39, 0.29) is 12.5 Å². The molecule has 0 saturated carbocycles. The first-order valence-corrected chi connectivity index (χ1v) is 7.29. The lowest BCUT2D eigenvalue weighted by Gasteiger charge is -2.09. The normalized spacial score (nSPS) is 10.3. The van der Waals surface area contributed by atoms with Crippen LogP contribution in [0, 0.1) is 6.92 Å². The predicted molar refractivity (Wildman–Crippen MR) is 89.3 cm³/mol. The van der Waals surface area contributed by atoms with Crippen molar-refractivity contribution in [3.8, 4) is 17.0 Å². The van der Waals surface area contributed by atoms with E-state index in [1.54, 1.807) is 12.5 Å². The van der Waals surface area contributed by atoms with Crippen LogP contribution < -0.4 is 10.1 Å². The number of anilines is 1. The molecule has 1 aromatic heterocycles. The second-order valence-electron chi connectivity index (χ2n) is 5.20. The van der Waals surface area contributed by atoms with Crippen LogP contribution in [-0.4, -0.2) is 22.5 Å². The van der Waals surface area contributed by atoms with E-state index in [9.17, 15) is 4.79 Å². The minimum atomic E-state index is -0.201. The Labute approximate surface area is 134 Å². The van der Waals surface area contributed by atoms with Gasteiger partial charge < -0.3 is 15.0 Å². The van der Waals surface area contributed by atoms with Gasteiger partial charge in [0.25, 0.3) is 5.91 Å². The zero-order valence-electron chi connectivity index (χ0n) is 12.7. The van der Waals surface area contributed by atoms with E-state index in [1.807, 2.05) is 55.5 Å². The maximum absolute atomic E-state index is 12.0. The molecule has 0 fully saturated rings. The number of imidazole rings is 1. The third-order valence-electron chi connectivity index (χ3n) is 3.32. The molecule has 0 bridgehead atoms. The summed E-state index contributed by atoms with van der Waals surface area (Å²) in [5.74, 6) is 0.486. The van der Waals surface area contributed by atoms with Gasteiger partial charge in [0, 0.05) is 11.3 Å². The average Bonchev–Trinajstić information content (AvgIpc) is 3.08. The fraction of sp³-hybridized carbons (Fsp3) is 0.111. The van der Waals surface area contributed by atoms with Crippen LogP contribution in [0.15, 0.2) is 61.1 Å². The zero-order chi connectivity index (χ0) is 16.1. The van der Waals surface area contributed by atoms with Gasteiger partial charge in [-0.1, -0.05) is 24.3 Å². The van der Waals surface area contributed by atoms with Gasteiger partial charge in [0.15, 0.2) is 6.61 Å². The summed E-state index contributed by atoms with van der Waals surface area (Å²) in [6, 6.07) is 15.2. The number of aromatic nitrogens is 2. The number of H-pyrrole nitrogens is 1. The van der Waals surface area contributed by atoms with Crippen LogP contribution in [0.4, 0.5) is 5.69 Å². The third-order valence-corrected chi connectivity index (χ3v) is 3.32. The maximum atomic E-state index is 12.0. The van der Waals surface area contributed by atoms with Crippen molar-refractivity contribution >= 4 is 11.6 Å². The molecule has 0 unspecified atom stereocenters. The van der Waals surface area contributed by atoms with E-state index in [0.29, 0.717) is 5.75 Å². The van der Waals surface area contributed by atoms with Crippen LogP contribution in [0.2, 0.25) is 0 Å². The Hall–Kier alpha value is -3.08. The molecule has 0 aliphatic heterocycles.